The van der Waals surface area contributed by atoms with Gasteiger partial charge in [0.25, 0.3) is 0 Å². The van der Waals surface area contributed by atoms with E-state index in [1.807, 2.05) is 31.2 Å². The van der Waals surface area contributed by atoms with E-state index in [1.54, 1.807) is 18.8 Å². The Morgan fingerprint density at radius 1 is 1.42 bits per heavy atom. The number of para-hydroxylation sites is 1. The van der Waals surface area contributed by atoms with Crippen LogP contribution in [0.2, 0.25) is 5.15 Å². The number of benzene rings is 1. The number of ether oxygens (including phenoxy) is 1. The van der Waals surface area contributed by atoms with Crippen LogP contribution < -0.4 is 4.74 Å². The van der Waals surface area contributed by atoms with E-state index in [1.165, 1.54) is 0 Å². The van der Waals surface area contributed by atoms with Crippen LogP contribution in [0.4, 0.5) is 0 Å². The summed E-state index contributed by atoms with van der Waals surface area (Å²) in [7, 11) is 3.38. The molecule has 0 aliphatic heterocycles. The summed E-state index contributed by atoms with van der Waals surface area (Å²) >= 11 is 6.18. The maximum atomic E-state index is 10.4. The van der Waals surface area contributed by atoms with Gasteiger partial charge in [-0.3, -0.25) is 4.68 Å². The molecule has 1 heterocycles. The number of methoxy groups -OCH3 is 1. The zero-order valence-electron chi connectivity index (χ0n) is 11.2. The lowest BCUT2D eigenvalue weighted by atomic mass is 10.0. The number of hydrogen-bond donors (Lipinski definition) is 1. The van der Waals surface area contributed by atoms with Crippen LogP contribution in [0.25, 0.3) is 0 Å². The Balaban J connectivity index is 2.28. The molecule has 1 aromatic heterocycles. The fourth-order valence-electron chi connectivity index (χ4n) is 2.15. The third kappa shape index (κ3) is 2.74. The topological polar surface area (TPSA) is 47.3 Å². The van der Waals surface area contributed by atoms with Crippen molar-refractivity contribution in [2.45, 2.75) is 19.4 Å². The minimum Gasteiger partial charge on any atom is -0.496 e. The van der Waals surface area contributed by atoms with E-state index < -0.39 is 6.10 Å². The summed E-state index contributed by atoms with van der Waals surface area (Å²) in [6.45, 7) is 1.89. The molecule has 0 aliphatic rings. The van der Waals surface area contributed by atoms with E-state index in [-0.39, 0.29) is 0 Å². The van der Waals surface area contributed by atoms with Gasteiger partial charge >= 0.3 is 0 Å². The van der Waals surface area contributed by atoms with Crippen molar-refractivity contribution in [1.82, 2.24) is 9.78 Å². The fourth-order valence-corrected chi connectivity index (χ4v) is 2.40. The van der Waals surface area contributed by atoms with Crippen LogP contribution in [0.15, 0.2) is 24.3 Å². The summed E-state index contributed by atoms with van der Waals surface area (Å²) in [5, 5.41) is 15.2. The van der Waals surface area contributed by atoms with Crippen molar-refractivity contribution in [2.24, 2.45) is 7.05 Å². The summed E-state index contributed by atoms with van der Waals surface area (Å²) < 4.78 is 6.87. The van der Waals surface area contributed by atoms with Crippen molar-refractivity contribution in [3.63, 3.8) is 0 Å². The molecule has 2 aromatic rings. The van der Waals surface area contributed by atoms with Crippen LogP contribution in [0, 0.1) is 6.92 Å². The molecule has 2 rings (SSSR count). The monoisotopic (exact) mass is 280 g/mol. The van der Waals surface area contributed by atoms with Gasteiger partial charge in [-0.05, 0) is 13.0 Å². The van der Waals surface area contributed by atoms with E-state index in [0.29, 0.717) is 17.3 Å². The molecule has 0 saturated carbocycles. The smallest absolute Gasteiger partial charge is 0.130 e. The Labute approximate surface area is 117 Å². The van der Waals surface area contributed by atoms with Gasteiger partial charge in [-0.1, -0.05) is 29.8 Å². The number of aromatic nitrogens is 2. The van der Waals surface area contributed by atoms with E-state index >= 15 is 0 Å². The van der Waals surface area contributed by atoms with Gasteiger partial charge in [0, 0.05) is 24.6 Å². The molecule has 0 saturated heterocycles. The van der Waals surface area contributed by atoms with Gasteiger partial charge in [0.05, 0.1) is 18.9 Å². The Morgan fingerprint density at radius 3 is 2.68 bits per heavy atom. The van der Waals surface area contributed by atoms with E-state index in [4.69, 9.17) is 16.3 Å². The predicted molar refractivity (Wildman–Crippen MR) is 74.6 cm³/mol. The second-order valence-electron chi connectivity index (χ2n) is 4.44. The Bertz CT molecular complexity index is 581. The first-order valence-electron chi connectivity index (χ1n) is 6.03. The lowest BCUT2D eigenvalue weighted by molar-refractivity contribution is 0.174. The number of hydrogen-bond acceptors (Lipinski definition) is 3. The van der Waals surface area contributed by atoms with E-state index in [2.05, 4.69) is 5.10 Å². The summed E-state index contributed by atoms with van der Waals surface area (Å²) in [4.78, 5) is 0. The minimum atomic E-state index is -0.670. The van der Waals surface area contributed by atoms with Gasteiger partial charge < -0.3 is 9.84 Å². The first kappa shape index (κ1) is 13.9. The molecule has 0 aliphatic carbocycles. The molecule has 19 heavy (non-hydrogen) atoms. The largest absolute Gasteiger partial charge is 0.496 e. The second kappa shape index (κ2) is 5.63. The third-order valence-electron chi connectivity index (χ3n) is 3.17. The van der Waals surface area contributed by atoms with Gasteiger partial charge in [0.2, 0.25) is 0 Å². The normalized spacial score (nSPS) is 12.5. The average molecular weight is 281 g/mol. The zero-order chi connectivity index (χ0) is 14.0. The highest BCUT2D eigenvalue weighted by Crippen LogP contribution is 2.30. The Kier molecular flexibility index (Phi) is 4.12. The second-order valence-corrected chi connectivity index (χ2v) is 4.80. The summed E-state index contributed by atoms with van der Waals surface area (Å²) in [6.07, 6.45) is -0.254. The lowest BCUT2D eigenvalue weighted by Gasteiger charge is -2.14. The van der Waals surface area contributed by atoms with Crippen molar-refractivity contribution < 1.29 is 9.84 Å². The molecule has 1 atom stereocenters. The molecular formula is C14H17ClN2O2. The fraction of sp³-hybridized carbons (Fsp3) is 0.357. The van der Waals surface area contributed by atoms with Crippen molar-refractivity contribution >= 4 is 11.6 Å². The minimum absolute atomic E-state index is 0.416. The maximum Gasteiger partial charge on any atom is 0.130 e. The van der Waals surface area contributed by atoms with Crippen LogP contribution in [-0.2, 0) is 13.5 Å². The Morgan fingerprint density at radius 2 is 2.11 bits per heavy atom. The first-order valence-corrected chi connectivity index (χ1v) is 6.41. The number of rotatable bonds is 4. The lowest BCUT2D eigenvalue weighted by Crippen LogP contribution is -2.05. The maximum absolute atomic E-state index is 10.4. The molecule has 0 radical (unpaired) electrons. The van der Waals surface area contributed by atoms with E-state index in [9.17, 15) is 5.11 Å². The highest BCUT2D eigenvalue weighted by atomic mass is 35.5. The molecule has 1 N–H and O–H groups in total. The van der Waals surface area contributed by atoms with Crippen molar-refractivity contribution in [3.05, 3.63) is 46.2 Å². The molecule has 0 amide bonds. The highest BCUT2D eigenvalue weighted by Gasteiger charge is 2.19. The van der Waals surface area contributed by atoms with E-state index in [0.717, 1.165) is 16.8 Å². The van der Waals surface area contributed by atoms with Gasteiger partial charge in [-0.2, -0.15) is 5.10 Å². The number of aliphatic hydroxyl groups is 1. The van der Waals surface area contributed by atoms with Crippen molar-refractivity contribution in [1.29, 1.82) is 0 Å². The van der Waals surface area contributed by atoms with Gasteiger partial charge in [0.15, 0.2) is 0 Å². The number of halogens is 1. The highest BCUT2D eigenvalue weighted by molar-refractivity contribution is 6.30. The summed E-state index contributed by atoms with van der Waals surface area (Å²) in [5.74, 6) is 0.674. The van der Waals surface area contributed by atoms with Crippen LogP contribution >= 0.6 is 11.6 Å². The molecular weight excluding hydrogens is 264 g/mol. The molecule has 1 aromatic carbocycles. The Hall–Kier alpha value is -1.52. The van der Waals surface area contributed by atoms with Crippen LogP contribution in [0.5, 0.6) is 5.75 Å². The molecule has 0 spiro atoms. The summed E-state index contributed by atoms with van der Waals surface area (Å²) in [6, 6.07) is 7.43. The number of aryl methyl sites for hydroxylation is 2. The molecule has 0 fully saturated rings. The average Bonchev–Trinajstić information content (AvgIpc) is 2.65. The SMILES string of the molecule is COc1ccccc1C(O)Cc1c(C)nn(C)c1Cl. The number of aliphatic hydroxyl groups excluding tert-OH is 1. The van der Waals surface area contributed by atoms with Crippen LogP contribution in [0.3, 0.4) is 0 Å². The van der Waals surface area contributed by atoms with Crippen LogP contribution in [0.1, 0.15) is 22.9 Å². The summed E-state index contributed by atoms with van der Waals surface area (Å²) in [5.41, 5.74) is 2.45. The zero-order valence-corrected chi connectivity index (χ0v) is 12.0. The predicted octanol–water partition coefficient (Wildman–Crippen LogP) is 2.67. The number of nitrogens with zero attached hydrogens (tertiary/aromatic N) is 2. The molecule has 4 nitrogen and oxygen atoms in total. The quantitative estimate of drug-likeness (QED) is 0.937. The first-order chi connectivity index (χ1) is 9.04. The van der Waals surface area contributed by atoms with Crippen molar-refractivity contribution in [3.8, 4) is 5.75 Å². The van der Waals surface area contributed by atoms with Gasteiger partial charge in [-0.15, -0.1) is 0 Å². The molecule has 5 heteroatoms. The van der Waals surface area contributed by atoms with Crippen LogP contribution in [-0.4, -0.2) is 22.0 Å². The van der Waals surface area contributed by atoms with Gasteiger partial charge in [0.1, 0.15) is 10.9 Å². The molecule has 1 unspecified atom stereocenters. The van der Waals surface area contributed by atoms with Crippen molar-refractivity contribution in [2.75, 3.05) is 7.11 Å². The molecule has 102 valence electrons. The molecule has 0 bridgehead atoms. The standard InChI is InChI=1S/C14H17ClN2O2/c1-9-11(14(15)17(2)16-9)8-12(18)10-6-4-5-7-13(10)19-3/h4-7,12,18H,8H2,1-3H3. The van der Waals surface area contributed by atoms with Gasteiger partial charge in [-0.25, -0.2) is 0 Å². The third-order valence-corrected chi connectivity index (χ3v) is 3.64.